The van der Waals surface area contributed by atoms with Crippen molar-refractivity contribution in [2.24, 2.45) is 0 Å². The molecule has 0 aliphatic heterocycles. The van der Waals surface area contributed by atoms with Crippen LogP contribution in [-0.4, -0.2) is 34.1 Å². The van der Waals surface area contributed by atoms with Crippen molar-refractivity contribution in [3.8, 4) is 0 Å². The van der Waals surface area contributed by atoms with Crippen LogP contribution in [0.4, 0.5) is 0 Å². The molecule has 0 bridgehead atoms. The van der Waals surface area contributed by atoms with Gasteiger partial charge in [-0.1, -0.05) is 6.07 Å². The smallest absolute Gasteiger partial charge is 0.337 e. The van der Waals surface area contributed by atoms with Gasteiger partial charge < -0.3 is 9.30 Å². The van der Waals surface area contributed by atoms with Gasteiger partial charge in [0, 0.05) is 47.4 Å². The minimum absolute atomic E-state index is 0.142. The first kappa shape index (κ1) is 18.6. The van der Waals surface area contributed by atoms with Crippen LogP contribution in [0.25, 0.3) is 10.9 Å². The van der Waals surface area contributed by atoms with E-state index < -0.39 is 5.97 Å². The molecule has 0 fully saturated rings. The predicted octanol–water partition coefficient (Wildman–Crippen LogP) is 3.27. The van der Waals surface area contributed by atoms with Crippen LogP contribution in [-0.2, 0) is 24.1 Å². The summed E-state index contributed by atoms with van der Waals surface area (Å²) in [6, 6.07) is 9.33. The summed E-state index contributed by atoms with van der Waals surface area (Å²) in [4.78, 5) is 26.4. The highest BCUT2D eigenvalue weighted by Crippen LogP contribution is 2.24. The van der Waals surface area contributed by atoms with E-state index in [4.69, 9.17) is 4.74 Å². The third-order valence-corrected chi connectivity index (χ3v) is 4.54. The predicted molar refractivity (Wildman–Crippen MR) is 101 cm³/mol. The SMILES string of the molecule is COC(=O)c1ccc2c(c1)c(CC[N+](=O)[O-])cn2CCCc1cccnc1. The molecule has 1 aromatic carbocycles. The molecule has 0 atom stereocenters. The summed E-state index contributed by atoms with van der Waals surface area (Å²) in [6.45, 7) is 0.638. The Kier molecular flexibility index (Phi) is 5.80. The minimum atomic E-state index is -0.415. The summed E-state index contributed by atoms with van der Waals surface area (Å²) < 4.78 is 6.88. The minimum Gasteiger partial charge on any atom is -0.465 e. The number of carbonyl (C=O) groups excluding carboxylic acids is 1. The first-order valence-electron chi connectivity index (χ1n) is 8.79. The van der Waals surface area contributed by atoms with Crippen LogP contribution in [0.15, 0.2) is 48.9 Å². The van der Waals surface area contributed by atoms with Crippen LogP contribution in [0.5, 0.6) is 0 Å². The number of hydrogen-bond acceptors (Lipinski definition) is 5. The Morgan fingerprint density at radius 3 is 2.85 bits per heavy atom. The maximum atomic E-state index is 11.8. The van der Waals surface area contributed by atoms with E-state index in [9.17, 15) is 14.9 Å². The van der Waals surface area contributed by atoms with E-state index >= 15 is 0 Å². The number of aromatic nitrogens is 2. The van der Waals surface area contributed by atoms with Gasteiger partial charge in [-0.3, -0.25) is 15.1 Å². The summed E-state index contributed by atoms with van der Waals surface area (Å²) in [5, 5.41) is 11.6. The number of nitrogens with zero attached hydrogens (tertiary/aromatic N) is 3. The Hall–Kier alpha value is -3.22. The number of pyridine rings is 1. The maximum Gasteiger partial charge on any atom is 0.337 e. The van der Waals surface area contributed by atoms with Gasteiger partial charge in [0.25, 0.3) is 0 Å². The Bertz CT molecular complexity index is 951. The van der Waals surface area contributed by atoms with Crippen molar-refractivity contribution in [2.75, 3.05) is 13.7 Å². The third-order valence-electron chi connectivity index (χ3n) is 4.54. The quantitative estimate of drug-likeness (QED) is 0.346. The van der Waals surface area contributed by atoms with Crippen LogP contribution in [0, 0.1) is 10.1 Å². The molecule has 2 aromatic heterocycles. The molecule has 0 aliphatic rings. The van der Waals surface area contributed by atoms with Crippen molar-refractivity contribution in [3.05, 3.63) is 75.7 Å². The lowest BCUT2D eigenvalue weighted by Crippen LogP contribution is -2.04. The van der Waals surface area contributed by atoms with Gasteiger partial charge in [-0.05, 0) is 48.2 Å². The van der Waals surface area contributed by atoms with Gasteiger partial charge in [0.1, 0.15) is 0 Å². The van der Waals surface area contributed by atoms with Gasteiger partial charge in [0.15, 0.2) is 0 Å². The second-order valence-electron chi connectivity index (χ2n) is 6.34. The zero-order valence-electron chi connectivity index (χ0n) is 15.1. The lowest BCUT2D eigenvalue weighted by molar-refractivity contribution is -0.479. The number of fused-ring (bicyclic) bond motifs is 1. The number of benzene rings is 1. The summed E-state index contributed by atoms with van der Waals surface area (Å²) in [5.74, 6) is -0.415. The number of hydrogen-bond donors (Lipinski definition) is 0. The van der Waals surface area contributed by atoms with E-state index in [1.54, 1.807) is 18.3 Å². The Labute approximate surface area is 156 Å². The molecule has 3 aromatic rings. The van der Waals surface area contributed by atoms with Gasteiger partial charge >= 0.3 is 5.97 Å². The van der Waals surface area contributed by atoms with Gasteiger partial charge in [0.05, 0.1) is 12.7 Å². The van der Waals surface area contributed by atoms with E-state index in [2.05, 4.69) is 9.55 Å². The normalized spacial score (nSPS) is 10.9. The lowest BCUT2D eigenvalue weighted by atomic mass is 10.1. The van der Waals surface area contributed by atoms with Crippen molar-refractivity contribution in [2.45, 2.75) is 25.8 Å². The van der Waals surface area contributed by atoms with Crippen molar-refractivity contribution < 1.29 is 14.5 Å². The molecule has 0 saturated heterocycles. The Balaban J connectivity index is 1.85. The van der Waals surface area contributed by atoms with Crippen molar-refractivity contribution in [3.63, 3.8) is 0 Å². The third kappa shape index (κ3) is 4.49. The first-order chi connectivity index (χ1) is 13.1. The molecule has 0 radical (unpaired) electrons. The molecule has 7 nitrogen and oxygen atoms in total. The standard InChI is InChI=1S/C20H21N3O4/c1-27-20(24)16-6-7-19-18(12-16)17(8-11-23(25)26)14-22(19)10-3-5-15-4-2-9-21-13-15/h2,4,6-7,9,12-14H,3,5,8,10-11H2,1H3. The van der Waals surface area contributed by atoms with Crippen LogP contribution in [0.1, 0.15) is 27.9 Å². The zero-order valence-corrected chi connectivity index (χ0v) is 15.1. The van der Waals surface area contributed by atoms with E-state index in [1.165, 1.54) is 12.7 Å². The van der Waals surface area contributed by atoms with Crippen LogP contribution >= 0.6 is 0 Å². The van der Waals surface area contributed by atoms with Crippen molar-refractivity contribution in [1.29, 1.82) is 0 Å². The number of rotatable bonds is 8. The number of carbonyl (C=O) groups is 1. The summed E-state index contributed by atoms with van der Waals surface area (Å²) in [7, 11) is 1.34. The maximum absolute atomic E-state index is 11.8. The monoisotopic (exact) mass is 367 g/mol. The van der Waals surface area contributed by atoms with E-state index in [-0.39, 0.29) is 11.5 Å². The number of methoxy groups -OCH3 is 1. The largest absolute Gasteiger partial charge is 0.465 e. The van der Waals surface area contributed by atoms with Crippen LogP contribution in [0.2, 0.25) is 0 Å². The average Bonchev–Trinajstić information content (AvgIpc) is 3.03. The highest BCUT2D eigenvalue weighted by Gasteiger charge is 2.14. The average molecular weight is 367 g/mol. The topological polar surface area (TPSA) is 87.3 Å². The second-order valence-corrected chi connectivity index (χ2v) is 6.34. The second kappa shape index (κ2) is 8.44. The highest BCUT2D eigenvalue weighted by molar-refractivity contribution is 5.95. The van der Waals surface area contributed by atoms with Gasteiger partial charge in [0.2, 0.25) is 6.54 Å². The number of nitro groups is 1. The van der Waals surface area contributed by atoms with Crippen molar-refractivity contribution >= 4 is 16.9 Å². The summed E-state index contributed by atoms with van der Waals surface area (Å²) in [5.41, 5.74) is 3.46. The molecule has 0 unspecified atom stereocenters. The van der Waals surface area contributed by atoms with E-state index in [0.29, 0.717) is 12.0 Å². The summed E-state index contributed by atoms with van der Waals surface area (Å²) >= 11 is 0. The molecule has 27 heavy (non-hydrogen) atoms. The van der Waals surface area contributed by atoms with Gasteiger partial charge in [-0.25, -0.2) is 4.79 Å². The molecule has 0 amide bonds. The fourth-order valence-electron chi connectivity index (χ4n) is 3.21. The Morgan fingerprint density at radius 1 is 1.30 bits per heavy atom. The number of esters is 1. The van der Waals surface area contributed by atoms with Crippen LogP contribution < -0.4 is 0 Å². The fourth-order valence-corrected chi connectivity index (χ4v) is 3.21. The van der Waals surface area contributed by atoms with E-state index in [0.717, 1.165) is 35.9 Å². The molecular formula is C20H21N3O4. The molecule has 3 rings (SSSR count). The Morgan fingerprint density at radius 2 is 2.15 bits per heavy atom. The molecule has 140 valence electrons. The molecule has 0 aliphatic carbocycles. The van der Waals surface area contributed by atoms with Gasteiger partial charge in [-0.15, -0.1) is 0 Å². The summed E-state index contributed by atoms with van der Waals surface area (Å²) in [6.07, 6.45) is 7.71. The molecule has 0 N–H and O–H groups in total. The molecule has 7 heteroatoms. The molecule has 2 heterocycles. The highest BCUT2D eigenvalue weighted by atomic mass is 16.6. The van der Waals surface area contributed by atoms with Crippen LogP contribution in [0.3, 0.4) is 0 Å². The van der Waals surface area contributed by atoms with E-state index in [1.807, 2.05) is 30.6 Å². The molecule has 0 saturated carbocycles. The zero-order chi connectivity index (χ0) is 19.2. The molecular weight excluding hydrogens is 346 g/mol. The fraction of sp³-hybridized carbons (Fsp3) is 0.300. The number of aryl methyl sites for hydroxylation is 2. The lowest BCUT2D eigenvalue weighted by Gasteiger charge is -2.06. The first-order valence-corrected chi connectivity index (χ1v) is 8.79. The number of ether oxygens (including phenoxy) is 1. The van der Waals surface area contributed by atoms with Gasteiger partial charge in [-0.2, -0.15) is 0 Å². The van der Waals surface area contributed by atoms with Crippen molar-refractivity contribution in [1.82, 2.24) is 9.55 Å². The molecule has 0 spiro atoms.